The van der Waals surface area contributed by atoms with Gasteiger partial charge in [0, 0.05) is 0 Å². The highest BCUT2D eigenvalue weighted by atomic mass is 32.2. The van der Waals surface area contributed by atoms with E-state index in [0.717, 1.165) is 0 Å². The maximum absolute atomic E-state index is 13.2. The summed E-state index contributed by atoms with van der Waals surface area (Å²) >= 11 is 0. The lowest BCUT2D eigenvalue weighted by atomic mass is 10.2. The molecular weight excluding hydrogens is 293 g/mol. The van der Waals surface area contributed by atoms with Gasteiger partial charge < -0.3 is 0 Å². The number of sulfonamides is 1. The molecule has 0 aliphatic carbocycles. The van der Waals surface area contributed by atoms with Gasteiger partial charge in [-0.3, -0.25) is 0 Å². The summed E-state index contributed by atoms with van der Waals surface area (Å²) in [5.74, 6) is -0.344. The first-order valence-electron chi connectivity index (χ1n) is 6.69. The number of benzene rings is 1. The molecule has 2 N–H and O–H groups in total. The normalized spacial score (nSPS) is 11.9. The highest BCUT2D eigenvalue weighted by Crippen LogP contribution is 2.25. The summed E-state index contributed by atoms with van der Waals surface area (Å²) in [6, 6.07) is 4.30. The molecule has 0 fully saturated rings. The number of nitrogens with zero attached hydrogens (tertiary/aromatic N) is 2. The standard InChI is InChI=1S/C14H18FN3O2S/c1-4-11-14(21(16,19)20)12(5-2)18(17-11)13-7-6-10(15)8-9(13)3/h6-8H,4-5H2,1-3H3,(H2,16,19,20). The van der Waals surface area contributed by atoms with Gasteiger partial charge in [-0.1, -0.05) is 13.8 Å². The van der Waals surface area contributed by atoms with Crippen LogP contribution in [0.1, 0.15) is 30.8 Å². The Morgan fingerprint density at radius 1 is 1.29 bits per heavy atom. The summed E-state index contributed by atoms with van der Waals surface area (Å²) in [5.41, 5.74) is 2.27. The summed E-state index contributed by atoms with van der Waals surface area (Å²) in [5, 5.41) is 9.68. The van der Waals surface area contributed by atoms with E-state index in [9.17, 15) is 12.8 Å². The average molecular weight is 311 g/mol. The Bertz CT molecular complexity index is 782. The number of halogens is 1. The number of primary sulfonamides is 1. The summed E-state index contributed by atoms with van der Waals surface area (Å²) < 4.78 is 38.5. The van der Waals surface area contributed by atoms with Gasteiger partial charge in [0.05, 0.1) is 17.1 Å². The Hall–Kier alpha value is -1.73. The monoisotopic (exact) mass is 311 g/mol. The fraction of sp³-hybridized carbons (Fsp3) is 0.357. The van der Waals surface area contributed by atoms with Crippen LogP contribution in [-0.2, 0) is 22.9 Å². The van der Waals surface area contributed by atoms with Crippen molar-refractivity contribution in [3.8, 4) is 5.69 Å². The molecule has 0 unspecified atom stereocenters. The van der Waals surface area contributed by atoms with E-state index in [4.69, 9.17) is 5.14 Å². The lowest BCUT2D eigenvalue weighted by Gasteiger charge is -2.10. The Morgan fingerprint density at radius 2 is 1.95 bits per heavy atom. The van der Waals surface area contributed by atoms with Crippen molar-refractivity contribution in [1.82, 2.24) is 9.78 Å². The first-order chi connectivity index (χ1) is 9.79. The van der Waals surface area contributed by atoms with Crippen LogP contribution in [0.5, 0.6) is 0 Å². The molecule has 0 amide bonds. The fourth-order valence-electron chi connectivity index (χ4n) is 2.42. The smallest absolute Gasteiger partial charge is 0.236 e. The van der Waals surface area contributed by atoms with Gasteiger partial charge in [0.15, 0.2) is 0 Å². The molecule has 0 saturated carbocycles. The van der Waals surface area contributed by atoms with Crippen molar-refractivity contribution < 1.29 is 12.8 Å². The van der Waals surface area contributed by atoms with Crippen molar-refractivity contribution >= 4 is 10.0 Å². The zero-order chi connectivity index (χ0) is 15.8. The van der Waals surface area contributed by atoms with E-state index in [1.807, 2.05) is 13.8 Å². The quantitative estimate of drug-likeness (QED) is 0.939. The minimum atomic E-state index is -3.85. The highest BCUT2D eigenvalue weighted by Gasteiger charge is 2.25. The van der Waals surface area contributed by atoms with Crippen LogP contribution in [0.25, 0.3) is 5.69 Å². The van der Waals surface area contributed by atoms with Crippen LogP contribution in [0.2, 0.25) is 0 Å². The van der Waals surface area contributed by atoms with Gasteiger partial charge in [-0.15, -0.1) is 0 Å². The molecule has 1 aromatic heterocycles. The molecule has 0 spiro atoms. The second-order valence-corrected chi connectivity index (χ2v) is 6.32. The van der Waals surface area contributed by atoms with Gasteiger partial charge in [0.2, 0.25) is 10.0 Å². The molecule has 0 bridgehead atoms. The molecule has 114 valence electrons. The van der Waals surface area contributed by atoms with Crippen molar-refractivity contribution in [3.63, 3.8) is 0 Å². The van der Waals surface area contributed by atoms with E-state index in [1.165, 1.54) is 12.1 Å². The van der Waals surface area contributed by atoms with Crippen molar-refractivity contribution in [1.29, 1.82) is 0 Å². The summed E-state index contributed by atoms with van der Waals surface area (Å²) in [7, 11) is -3.85. The Morgan fingerprint density at radius 3 is 2.43 bits per heavy atom. The predicted molar refractivity (Wildman–Crippen MR) is 78.4 cm³/mol. The van der Waals surface area contributed by atoms with Crippen molar-refractivity contribution in [3.05, 3.63) is 41.0 Å². The van der Waals surface area contributed by atoms with E-state index in [2.05, 4.69) is 5.10 Å². The van der Waals surface area contributed by atoms with Crippen LogP contribution in [0.3, 0.4) is 0 Å². The van der Waals surface area contributed by atoms with Crippen LogP contribution in [-0.4, -0.2) is 18.2 Å². The van der Waals surface area contributed by atoms with Crippen molar-refractivity contribution in [2.45, 2.75) is 38.5 Å². The number of nitrogens with two attached hydrogens (primary N) is 1. The lowest BCUT2D eigenvalue weighted by molar-refractivity contribution is 0.595. The summed E-state index contributed by atoms with van der Waals surface area (Å²) in [4.78, 5) is 0.0798. The van der Waals surface area contributed by atoms with Gasteiger partial charge in [0.25, 0.3) is 0 Å². The van der Waals surface area contributed by atoms with E-state index in [0.29, 0.717) is 35.5 Å². The van der Waals surface area contributed by atoms with Gasteiger partial charge >= 0.3 is 0 Å². The highest BCUT2D eigenvalue weighted by molar-refractivity contribution is 7.89. The second-order valence-electron chi connectivity index (χ2n) is 4.82. The molecule has 2 rings (SSSR count). The molecule has 0 atom stereocenters. The number of hydrogen-bond acceptors (Lipinski definition) is 3. The minimum absolute atomic E-state index is 0.0798. The number of aryl methyl sites for hydroxylation is 2. The van der Waals surface area contributed by atoms with Crippen LogP contribution in [0.15, 0.2) is 23.1 Å². The van der Waals surface area contributed by atoms with Gasteiger partial charge in [0.1, 0.15) is 10.7 Å². The molecule has 0 saturated heterocycles. The van der Waals surface area contributed by atoms with Gasteiger partial charge in [-0.25, -0.2) is 22.6 Å². The average Bonchev–Trinajstić information content (AvgIpc) is 2.77. The third-order valence-electron chi connectivity index (χ3n) is 3.34. The molecule has 7 heteroatoms. The molecule has 21 heavy (non-hydrogen) atoms. The molecule has 0 radical (unpaired) electrons. The third-order valence-corrected chi connectivity index (χ3v) is 4.38. The molecule has 2 aromatic rings. The van der Waals surface area contributed by atoms with E-state index in [-0.39, 0.29) is 10.7 Å². The molecule has 0 aliphatic rings. The SMILES string of the molecule is CCc1nn(-c2ccc(F)cc2C)c(CC)c1S(N)(=O)=O. The van der Waals surface area contributed by atoms with Crippen LogP contribution < -0.4 is 5.14 Å². The largest absolute Gasteiger partial charge is 0.241 e. The van der Waals surface area contributed by atoms with Crippen molar-refractivity contribution in [2.75, 3.05) is 0 Å². The Labute approximate surface area is 123 Å². The van der Waals surface area contributed by atoms with Crippen LogP contribution in [0, 0.1) is 12.7 Å². The van der Waals surface area contributed by atoms with Crippen molar-refractivity contribution in [2.24, 2.45) is 5.14 Å². The Balaban J connectivity index is 2.79. The van der Waals surface area contributed by atoms with Crippen LogP contribution >= 0.6 is 0 Å². The first-order valence-corrected chi connectivity index (χ1v) is 8.24. The predicted octanol–water partition coefficient (Wildman–Crippen LogP) is 2.09. The van der Waals surface area contributed by atoms with Gasteiger partial charge in [-0.2, -0.15) is 5.10 Å². The molecule has 0 aliphatic heterocycles. The lowest BCUT2D eigenvalue weighted by Crippen LogP contribution is -2.16. The molecule has 1 aromatic carbocycles. The maximum Gasteiger partial charge on any atom is 0.241 e. The molecule has 1 heterocycles. The van der Waals surface area contributed by atoms with Crippen LogP contribution in [0.4, 0.5) is 4.39 Å². The summed E-state index contributed by atoms with van der Waals surface area (Å²) in [6.07, 6.45) is 0.904. The third kappa shape index (κ3) is 2.84. The Kier molecular flexibility index (Phi) is 4.15. The van der Waals surface area contributed by atoms with E-state index < -0.39 is 10.0 Å². The second kappa shape index (κ2) is 5.57. The topological polar surface area (TPSA) is 78.0 Å². The zero-order valence-corrected chi connectivity index (χ0v) is 13.0. The molecular formula is C14H18FN3O2S. The first kappa shape index (κ1) is 15.7. The number of hydrogen-bond donors (Lipinski definition) is 1. The maximum atomic E-state index is 13.2. The number of rotatable bonds is 4. The number of aromatic nitrogens is 2. The fourth-order valence-corrected chi connectivity index (χ4v) is 3.49. The zero-order valence-electron chi connectivity index (χ0n) is 12.2. The summed E-state index contributed by atoms with van der Waals surface area (Å²) in [6.45, 7) is 5.40. The minimum Gasteiger partial charge on any atom is -0.236 e. The van der Waals surface area contributed by atoms with Gasteiger partial charge in [-0.05, 0) is 43.5 Å². The van der Waals surface area contributed by atoms with E-state index >= 15 is 0 Å². The van der Waals surface area contributed by atoms with E-state index in [1.54, 1.807) is 17.7 Å². The molecule has 5 nitrogen and oxygen atoms in total.